The number of rotatable bonds is 8. The average Bonchev–Trinajstić information content (AvgIpc) is 3.51. The molecule has 3 rings (SSSR count). The van der Waals surface area contributed by atoms with Crippen LogP contribution in [0.15, 0.2) is 53.4 Å². The standard InChI is InChI=1S/C19H23N3O4S.ClH/c1-26-18-5-3-2-4-17(18)22-27(24,25)15-10-8-14(9-11-15)19(23)21-12-16(20)13-6-7-13;/h2-5,8-11,13,16,22H,6-7,12,20H2,1H3,(H,21,23);1H. The Morgan fingerprint density at radius 2 is 1.82 bits per heavy atom. The molecule has 0 spiro atoms. The lowest BCUT2D eigenvalue weighted by Gasteiger charge is -2.13. The summed E-state index contributed by atoms with van der Waals surface area (Å²) in [5.41, 5.74) is 6.70. The lowest BCUT2D eigenvalue weighted by molar-refractivity contribution is 0.0950. The molecule has 2 aromatic carbocycles. The van der Waals surface area contributed by atoms with E-state index in [9.17, 15) is 13.2 Å². The number of nitrogens with two attached hydrogens (primary N) is 1. The molecule has 1 fully saturated rings. The molecule has 0 saturated heterocycles. The van der Waals surface area contributed by atoms with Gasteiger partial charge in [0.05, 0.1) is 17.7 Å². The second-order valence-corrected chi connectivity index (χ2v) is 8.22. The molecule has 0 aliphatic heterocycles. The summed E-state index contributed by atoms with van der Waals surface area (Å²) in [7, 11) is -2.33. The number of hydrogen-bond acceptors (Lipinski definition) is 5. The Labute approximate surface area is 171 Å². The van der Waals surface area contributed by atoms with Crippen molar-refractivity contribution in [3.05, 3.63) is 54.1 Å². The maximum atomic E-state index is 12.6. The molecule has 1 saturated carbocycles. The fraction of sp³-hybridized carbons (Fsp3) is 0.316. The summed E-state index contributed by atoms with van der Waals surface area (Å²) < 4.78 is 32.8. The summed E-state index contributed by atoms with van der Waals surface area (Å²) in [6, 6.07) is 12.5. The zero-order chi connectivity index (χ0) is 19.4. The Bertz CT molecular complexity index is 915. The number of para-hydroxylation sites is 2. The fourth-order valence-electron chi connectivity index (χ4n) is 2.72. The largest absolute Gasteiger partial charge is 0.495 e. The topological polar surface area (TPSA) is 111 Å². The van der Waals surface area contributed by atoms with Gasteiger partial charge in [-0.1, -0.05) is 12.1 Å². The second kappa shape index (κ2) is 9.27. The van der Waals surface area contributed by atoms with Crippen molar-refractivity contribution in [1.82, 2.24) is 5.32 Å². The predicted octanol–water partition coefficient (Wildman–Crippen LogP) is 2.38. The van der Waals surface area contributed by atoms with E-state index < -0.39 is 10.0 Å². The van der Waals surface area contributed by atoms with Crippen LogP contribution in [-0.4, -0.2) is 34.0 Å². The van der Waals surface area contributed by atoms with E-state index in [-0.39, 0.29) is 29.3 Å². The minimum absolute atomic E-state index is 0. The van der Waals surface area contributed by atoms with E-state index in [0.29, 0.717) is 29.5 Å². The number of halogens is 1. The van der Waals surface area contributed by atoms with Crippen molar-refractivity contribution in [3.63, 3.8) is 0 Å². The number of amides is 1. The van der Waals surface area contributed by atoms with Crippen LogP contribution in [0.4, 0.5) is 5.69 Å². The van der Waals surface area contributed by atoms with Gasteiger partial charge in [0, 0.05) is 18.2 Å². The molecule has 9 heteroatoms. The number of sulfonamides is 1. The van der Waals surface area contributed by atoms with Gasteiger partial charge in [-0.15, -0.1) is 12.4 Å². The first kappa shape index (κ1) is 22.0. The van der Waals surface area contributed by atoms with Crippen LogP contribution in [0, 0.1) is 5.92 Å². The molecule has 1 atom stereocenters. The summed E-state index contributed by atoms with van der Waals surface area (Å²) in [5, 5.41) is 2.79. The van der Waals surface area contributed by atoms with Crippen molar-refractivity contribution in [2.45, 2.75) is 23.8 Å². The summed E-state index contributed by atoms with van der Waals surface area (Å²) in [4.78, 5) is 12.2. The average molecular weight is 426 g/mol. The fourth-order valence-corrected chi connectivity index (χ4v) is 3.79. The van der Waals surface area contributed by atoms with Crippen molar-refractivity contribution in [2.24, 2.45) is 11.7 Å². The van der Waals surface area contributed by atoms with Crippen molar-refractivity contribution < 1.29 is 17.9 Å². The van der Waals surface area contributed by atoms with E-state index in [1.807, 2.05) is 0 Å². The third kappa shape index (κ3) is 5.37. The molecule has 4 N–H and O–H groups in total. The minimum atomic E-state index is -3.80. The van der Waals surface area contributed by atoms with Crippen LogP contribution in [0.25, 0.3) is 0 Å². The molecule has 1 aliphatic rings. The van der Waals surface area contributed by atoms with E-state index in [0.717, 1.165) is 12.8 Å². The Morgan fingerprint density at radius 3 is 2.43 bits per heavy atom. The first-order valence-corrected chi connectivity index (χ1v) is 10.2. The molecule has 0 heterocycles. The zero-order valence-electron chi connectivity index (χ0n) is 15.4. The van der Waals surface area contributed by atoms with Gasteiger partial charge in [0.25, 0.3) is 15.9 Å². The van der Waals surface area contributed by atoms with E-state index in [4.69, 9.17) is 10.5 Å². The Hall–Kier alpha value is -2.29. The lowest BCUT2D eigenvalue weighted by atomic mass is 10.2. The molecule has 2 aromatic rings. The molecular formula is C19H24ClN3O4S. The van der Waals surface area contributed by atoms with Crippen LogP contribution in [0.5, 0.6) is 5.75 Å². The summed E-state index contributed by atoms with van der Waals surface area (Å²) in [5.74, 6) is 0.649. The van der Waals surface area contributed by atoms with Crippen LogP contribution < -0.4 is 20.5 Å². The highest BCUT2D eigenvalue weighted by Crippen LogP contribution is 2.31. The van der Waals surface area contributed by atoms with Gasteiger partial charge in [0.1, 0.15) is 5.75 Å². The molecular weight excluding hydrogens is 402 g/mol. The third-order valence-electron chi connectivity index (χ3n) is 4.50. The maximum absolute atomic E-state index is 12.6. The normalized spacial score (nSPS) is 14.5. The van der Waals surface area contributed by atoms with Crippen molar-refractivity contribution in [1.29, 1.82) is 0 Å². The van der Waals surface area contributed by atoms with Gasteiger partial charge < -0.3 is 15.8 Å². The minimum Gasteiger partial charge on any atom is -0.495 e. The number of nitrogens with one attached hydrogen (secondary N) is 2. The Morgan fingerprint density at radius 1 is 1.18 bits per heavy atom. The number of anilines is 1. The third-order valence-corrected chi connectivity index (χ3v) is 5.89. The number of benzene rings is 2. The van der Waals surface area contributed by atoms with Crippen LogP contribution in [0.1, 0.15) is 23.2 Å². The number of carbonyl (C=O) groups excluding carboxylic acids is 1. The first-order chi connectivity index (χ1) is 12.9. The van der Waals surface area contributed by atoms with Crippen LogP contribution in [0.2, 0.25) is 0 Å². The molecule has 0 radical (unpaired) electrons. The van der Waals surface area contributed by atoms with Gasteiger partial charge in [-0.05, 0) is 55.2 Å². The molecule has 1 aliphatic carbocycles. The maximum Gasteiger partial charge on any atom is 0.262 e. The summed E-state index contributed by atoms with van der Waals surface area (Å²) >= 11 is 0. The van der Waals surface area contributed by atoms with Crippen LogP contribution >= 0.6 is 12.4 Å². The van der Waals surface area contributed by atoms with Gasteiger partial charge in [-0.2, -0.15) is 0 Å². The van der Waals surface area contributed by atoms with Gasteiger partial charge in [-0.3, -0.25) is 9.52 Å². The predicted molar refractivity (Wildman–Crippen MR) is 111 cm³/mol. The number of hydrogen-bond donors (Lipinski definition) is 3. The summed E-state index contributed by atoms with van der Waals surface area (Å²) in [6.45, 7) is 0.416. The van der Waals surface area contributed by atoms with E-state index >= 15 is 0 Å². The zero-order valence-corrected chi connectivity index (χ0v) is 17.1. The monoisotopic (exact) mass is 425 g/mol. The van der Waals surface area contributed by atoms with Crippen molar-refractivity contribution >= 4 is 34.0 Å². The molecule has 1 unspecified atom stereocenters. The quantitative estimate of drug-likeness (QED) is 0.601. The van der Waals surface area contributed by atoms with Crippen LogP contribution in [-0.2, 0) is 10.0 Å². The Balaban J connectivity index is 0.00000280. The molecule has 0 bridgehead atoms. The highest BCUT2D eigenvalue weighted by atomic mass is 35.5. The second-order valence-electron chi connectivity index (χ2n) is 6.54. The lowest BCUT2D eigenvalue weighted by Crippen LogP contribution is -2.38. The van der Waals surface area contributed by atoms with Gasteiger partial charge >= 0.3 is 0 Å². The highest BCUT2D eigenvalue weighted by Gasteiger charge is 2.28. The smallest absolute Gasteiger partial charge is 0.262 e. The first-order valence-electron chi connectivity index (χ1n) is 8.70. The molecule has 1 amide bonds. The highest BCUT2D eigenvalue weighted by molar-refractivity contribution is 7.92. The van der Waals surface area contributed by atoms with Crippen LogP contribution in [0.3, 0.4) is 0 Å². The van der Waals surface area contributed by atoms with Gasteiger partial charge in [-0.25, -0.2) is 8.42 Å². The number of ether oxygens (including phenoxy) is 1. The van der Waals surface area contributed by atoms with E-state index in [1.54, 1.807) is 24.3 Å². The summed E-state index contributed by atoms with van der Waals surface area (Å²) in [6.07, 6.45) is 2.23. The molecule has 0 aromatic heterocycles. The number of carbonyl (C=O) groups is 1. The number of methoxy groups -OCH3 is 1. The molecule has 28 heavy (non-hydrogen) atoms. The van der Waals surface area contributed by atoms with E-state index in [1.165, 1.54) is 31.4 Å². The van der Waals surface area contributed by atoms with Gasteiger partial charge in [0.2, 0.25) is 0 Å². The molecule has 7 nitrogen and oxygen atoms in total. The van der Waals surface area contributed by atoms with Crippen molar-refractivity contribution in [2.75, 3.05) is 18.4 Å². The Kier molecular flexibility index (Phi) is 7.29. The van der Waals surface area contributed by atoms with E-state index in [2.05, 4.69) is 10.0 Å². The van der Waals surface area contributed by atoms with Gasteiger partial charge in [0.15, 0.2) is 0 Å². The molecule has 152 valence electrons. The van der Waals surface area contributed by atoms with Crippen molar-refractivity contribution in [3.8, 4) is 5.75 Å². The SMILES string of the molecule is COc1ccccc1NS(=O)(=O)c1ccc(C(=O)NCC(N)C2CC2)cc1.Cl.